The van der Waals surface area contributed by atoms with E-state index in [9.17, 15) is 17.4 Å². The van der Waals surface area contributed by atoms with Gasteiger partial charge in [0.05, 0.1) is 11.2 Å². The molecule has 5 unspecified atom stereocenters. The predicted octanol–water partition coefficient (Wildman–Crippen LogP) is 2.07. The molecule has 0 aromatic heterocycles. The van der Waals surface area contributed by atoms with E-state index in [1.807, 2.05) is 6.92 Å². The molecule has 2 rings (SSSR count). The van der Waals surface area contributed by atoms with E-state index in [0.717, 1.165) is 6.54 Å². The molecule has 6 heteroatoms. The highest BCUT2D eigenvalue weighted by atomic mass is 32.2. The Labute approximate surface area is 102 Å². The number of rotatable bonds is 0. The van der Waals surface area contributed by atoms with Crippen molar-refractivity contribution < 1.29 is 17.4 Å². The Morgan fingerprint density at radius 3 is 2.65 bits per heavy atom. The third kappa shape index (κ3) is 3.02. The van der Waals surface area contributed by atoms with Crippen LogP contribution >= 0.6 is 0 Å². The van der Waals surface area contributed by atoms with Gasteiger partial charge >= 0.3 is 6.18 Å². The minimum Gasteiger partial charge on any atom is -0.312 e. The van der Waals surface area contributed by atoms with E-state index in [1.54, 1.807) is 0 Å². The molecule has 0 aromatic rings. The van der Waals surface area contributed by atoms with Gasteiger partial charge in [0.15, 0.2) is 0 Å². The summed E-state index contributed by atoms with van der Waals surface area (Å²) in [6.45, 7) is 2.76. The van der Waals surface area contributed by atoms with Crippen molar-refractivity contribution >= 4 is 10.8 Å². The van der Waals surface area contributed by atoms with Gasteiger partial charge in [-0.05, 0) is 31.7 Å². The molecule has 1 saturated carbocycles. The molecule has 100 valence electrons. The molecule has 1 N–H and O–H groups in total. The van der Waals surface area contributed by atoms with Crippen LogP contribution in [0.25, 0.3) is 0 Å². The monoisotopic (exact) mass is 269 g/mol. The second-order valence-electron chi connectivity index (χ2n) is 5.26. The van der Waals surface area contributed by atoms with Gasteiger partial charge in [0.2, 0.25) is 0 Å². The van der Waals surface area contributed by atoms with E-state index >= 15 is 0 Å². The van der Waals surface area contributed by atoms with Gasteiger partial charge in [0.1, 0.15) is 0 Å². The Balaban J connectivity index is 2.09. The number of fused-ring (bicyclic) bond motifs is 1. The van der Waals surface area contributed by atoms with Crippen molar-refractivity contribution in [1.82, 2.24) is 5.32 Å². The van der Waals surface area contributed by atoms with Crippen LogP contribution in [0.1, 0.15) is 26.2 Å². The smallest absolute Gasteiger partial charge is 0.312 e. The summed E-state index contributed by atoms with van der Waals surface area (Å²) < 4.78 is 50.1. The topological polar surface area (TPSA) is 29.1 Å². The minimum absolute atomic E-state index is 0.0133. The van der Waals surface area contributed by atoms with Gasteiger partial charge in [-0.15, -0.1) is 0 Å². The van der Waals surface area contributed by atoms with Gasteiger partial charge in [-0.2, -0.15) is 13.2 Å². The zero-order valence-electron chi connectivity index (χ0n) is 9.80. The van der Waals surface area contributed by atoms with E-state index < -0.39 is 22.9 Å². The van der Waals surface area contributed by atoms with Crippen LogP contribution in [0, 0.1) is 11.8 Å². The third-order valence-electron chi connectivity index (χ3n) is 3.77. The summed E-state index contributed by atoms with van der Waals surface area (Å²) in [6.07, 6.45) is -3.44. The van der Waals surface area contributed by atoms with Crippen LogP contribution in [-0.2, 0) is 10.8 Å². The molecular weight excluding hydrogens is 251 g/mol. The Kier molecular flexibility index (Phi) is 3.83. The molecule has 0 bridgehead atoms. The van der Waals surface area contributed by atoms with Crippen LogP contribution in [0.15, 0.2) is 0 Å². The number of hydrogen-bond acceptors (Lipinski definition) is 2. The lowest BCUT2D eigenvalue weighted by atomic mass is 9.85. The first-order valence-electron chi connectivity index (χ1n) is 6.05. The summed E-state index contributed by atoms with van der Waals surface area (Å²) in [5.41, 5.74) is 0. The first-order valence-corrected chi connectivity index (χ1v) is 7.43. The van der Waals surface area contributed by atoms with Crippen molar-refractivity contribution in [1.29, 1.82) is 0 Å². The average molecular weight is 269 g/mol. The normalized spacial score (nSPS) is 43.9. The third-order valence-corrected chi connectivity index (χ3v) is 5.86. The van der Waals surface area contributed by atoms with E-state index in [1.165, 1.54) is 0 Å². The van der Waals surface area contributed by atoms with Crippen molar-refractivity contribution in [2.75, 3.05) is 12.3 Å². The second kappa shape index (κ2) is 4.88. The maximum atomic E-state index is 12.7. The van der Waals surface area contributed by atoms with Crippen LogP contribution in [0.5, 0.6) is 0 Å². The van der Waals surface area contributed by atoms with E-state index in [4.69, 9.17) is 0 Å². The Morgan fingerprint density at radius 2 is 2.00 bits per heavy atom. The molecule has 0 aromatic carbocycles. The minimum atomic E-state index is -4.13. The van der Waals surface area contributed by atoms with Gasteiger partial charge in [-0.3, -0.25) is 4.21 Å². The Morgan fingerprint density at radius 1 is 1.29 bits per heavy atom. The predicted molar refractivity (Wildman–Crippen MR) is 61.1 cm³/mol. The fourth-order valence-electron chi connectivity index (χ4n) is 2.77. The molecule has 5 atom stereocenters. The largest absolute Gasteiger partial charge is 0.391 e. The summed E-state index contributed by atoms with van der Waals surface area (Å²) in [5, 5.41) is 2.96. The van der Waals surface area contributed by atoms with Crippen molar-refractivity contribution in [3.05, 3.63) is 0 Å². The lowest BCUT2D eigenvalue weighted by Gasteiger charge is -2.35. The van der Waals surface area contributed by atoms with Crippen molar-refractivity contribution in [2.24, 2.45) is 11.8 Å². The number of hydrogen-bond donors (Lipinski definition) is 1. The zero-order valence-corrected chi connectivity index (χ0v) is 10.6. The maximum Gasteiger partial charge on any atom is 0.391 e. The summed E-state index contributed by atoms with van der Waals surface area (Å²) >= 11 is 0. The number of alkyl halides is 3. The first kappa shape index (κ1) is 13.3. The molecule has 0 spiro atoms. The number of nitrogens with one attached hydrogen (secondary N) is 1. The molecule has 2 aliphatic rings. The van der Waals surface area contributed by atoms with Gasteiger partial charge in [0, 0.05) is 22.6 Å². The highest BCUT2D eigenvalue weighted by molar-refractivity contribution is 7.85. The molecule has 0 radical (unpaired) electrons. The van der Waals surface area contributed by atoms with Crippen molar-refractivity contribution in [3.8, 4) is 0 Å². The molecule has 1 heterocycles. The molecule has 1 aliphatic carbocycles. The molecule has 2 nitrogen and oxygen atoms in total. The second-order valence-corrected chi connectivity index (χ2v) is 6.96. The van der Waals surface area contributed by atoms with E-state index in [2.05, 4.69) is 5.32 Å². The average Bonchev–Trinajstić information content (AvgIpc) is 2.37. The number of halogens is 3. The Bertz CT molecular complexity index is 308. The van der Waals surface area contributed by atoms with Crippen LogP contribution in [0.3, 0.4) is 0 Å². The molecule has 0 amide bonds. The van der Waals surface area contributed by atoms with Crippen molar-refractivity contribution in [3.63, 3.8) is 0 Å². The molecule has 1 saturated heterocycles. The summed E-state index contributed by atoms with van der Waals surface area (Å²) in [4.78, 5) is 0. The van der Waals surface area contributed by atoms with Gasteiger partial charge < -0.3 is 5.32 Å². The highest BCUT2D eigenvalue weighted by Crippen LogP contribution is 2.39. The summed E-state index contributed by atoms with van der Waals surface area (Å²) in [5.74, 6) is -0.452. The van der Waals surface area contributed by atoms with Crippen LogP contribution in [0.2, 0.25) is 0 Å². The lowest BCUT2D eigenvalue weighted by molar-refractivity contribution is -0.182. The van der Waals surface area contributed by atoms with Crippen LogP contribution < -0.4 is 5.32 Å². The van der Waals surface area contributed by atoms with Crippen molar-refractivity contribution in [2.45, 2.75) is 43.7 Å². The van der Waals surface area contributed by atoms with E-state index in [-0.39, 0.29) is 30.1 Å². The maximum absolute atomic E-state index is 12.7. The Hall–Kier alpha value is -0.100. The molecule has 1 aliphatic heterocycles. The highest BCUT2D eigenvalue weighted by Gasteiger charge is 2.47. The van der Waals surface area contributed by atoms with Crippen LogP contribution in [0.4, 0.5) is 13.2 Å². The lowest BCUT2D eigenvalue weighted by Crippen LogP contribution is -2.47. The summed E-state index contributed by atoms with van der Waals surface area (Å²) in [6, 6.07) is 0.0133. The zero-order chi connectivity index (χ0) is 12.6. The molecule has 2 fully saturated rings. The van der Waals surface area contributed by atoms with E-state index in [0.29, 0.717) is 12.2 Å². The quantitative estimate of drug-likeness (QED) is 0.729. The fraction of sp³-hybridized carbons (Fsp3) is 1.00. The van der Waals surface area contributed by atoms with Crippen LogP contribution in [-0.4, -0.2) is 34.0 Å². The van der Waals surface area contributed by atoms with Gasteiger partial charge in [-0.1, -0.05) is 6.92 Å². The molecular formula is C11H18F3NOS. The fourth-order valence-corrected chi connectivity index (χ4v) is 4.74. The summed E-state index contributed by atoms with van der Waals surface area (Å²) in [7, 11) is -1.12. The standard InChI is InChI=1S/C11H18F3NOS/c1-7-5-15-9-3-2-8(11(12,13)14)4-10(9)17(16)6-7/h7-10,15H,2-6H2,1H3. The molecule has 17 heavy (non-hydrogen) atoms. The van der Waals surface area contributed by atoms with Gasteiger partial charge in [0.25, 0.3) is 0 Å². The SMILES string of the molecule is CC1CNC2CCC(C(F)(F)F)CC2S(=O)C1. The van der Waals surface area contributed by atoms with Gasteiger partial charge in [-0.25, -0.2) is 0 Å². The first-order chi connectivity index (χ1) is 7.88.